The highest BCUT2D eigenvalue weighted by Gasteiger charge is 2.63. The maximum absolute atomic E-state index is 13.3. The maximum Gasteiger partial charge on any atom is 0.136 e. The van der Waals surface area contributed by atoms with E-state index >= 15 is 0 Å². The summed E-state index contributed by atoms with van der Waals surface area (Å²) in [7, 11) is 0. The smallest absolute Gasteiger partial charge is 0.136 e. The summed E-state index contributed by atoms with van der Waals surface area (Å²) in [6.07, 6.45) is 2.80. The van der Waals surface area contributed by atoms with E-state index < -0.39 is 24.4 Å². The van der Waals surface area contributed by atoms with E-state index in [1.54, 1.807) is 0 Å². The molecular formula is C28H48O5. The first-order chi connectivity index (χ1) is 15.3. The molecule has 5 heteroatoms. The first kappa shape index (κ1) is 25.6. The van der Waals surface area contributed by atoms with Crippen LogP contribution in [0, 0.1) is 58.2 Å². The number of hydrogen-bond acceptors (Lipinski definition) is 5. The molecule has 4 saturated carbocycles. The van der Waals surface area contributed by atoms with Crippen molar-refractivity contribution >= 4 is 5.78 Å². The van der Waals surface area contributed by atoms with Crippen LogP contribution in [0.15, 0.2) is 0 Å². The Morgan fingerprint density at radius 3 is 2.15 bits per heavy atom. The molecule has 13 atom stereocenters. The quantitative estimate of drug-likeness (QED) is 0.496. The highest BCUT2D eigenvalue weighted by Crippen LogP contribution is 2.67. The van der Waals surface area contributed by atoms with Crippen LogP contribution < -0.4 is 0 Å². The minimum Gasteiger partial charge on any atom is -0.390 e. The van der Waals surface area contributed by atoms with Gasteiger partial charge in [-0.2, -0.15) is 0 Å². The molecule has 0 saturated heterocycles. The molecule has 190 valence electrons. The lowest BCUT2D eigenvalue weighted by Crippen LogP contribution is -2.59. The van der Waals surface area contributed by atoms with E-state index in [2.05, 4.69) is 34.6 Å². The van der Waals surface area contributed by atoms with Crippen LogP contribution in [-0.2, 0) is 4.79 Å². The Morgan fingerprint density at radius 2 is 1.52 bits per heavy atom. The highest BCUT2D eigenvalue weighted by atomic mass is 16.3. The standard InChI is InChI=1S/C28H48O5/c1-14(2)15(3)25(32)26(33)16(4)18-7-8-19-17-11-22(29)21-12-23(30)24(31)13-28(21,6)20(17)9-10-27(18,19)5/h14-21,23-26,30-33H,7-13H2,1-6H3/t15-,16-,17-,18+,19-,20-,21+,23-,24+,25+,26+,27+,28+/m0/s1. The monoisotopic (exact) mass is 464 g/mol. The van der Waals surface area contributed by atoms with Gasteiger partial charge in [-0.1, -0.05) is 41.5 Å². The number of fused-ring (bicyclic) bond motifs is 5. The Bertz CT molecular complexity index is 738. The summed E-state index contributed by atoms with van der Waals surface area (Å²) in [6, 6.07) is 0. The van der Waals surface area contributed by atoms with Gasteiger partial charge in [-0.05, 0) is 90.8 Å². The van der Waals surface area contributed by atoms with Crippen LogP contribution in [0.1, 0.15) is 86.5 Å². The van der Waals surface area contributed by atoms with Crippen molar-refractivity contribution in [2.75, 3.05) is 0 Å². The summed E-state index contributed by atoms with van der Waals surface area (Å²) >= 11 is 0. The lowest BCUT2D eigenvalue weighted by molar-refractivity contribution is -0.175. The van der Waals surface area contributed by atoms with Gasteiger partial charge in [-0.3, -0.25) is 4.79 Å². The van der Waals surface area contributed by atoms with Gasteiger partial charge in [0, 0.05) is 12.3 Å². The summed E-state index contributed by atoms with van der Waals surface area (Å²) in [5.41, 5.74) is -0.162. The number of ketones is 1. The minimum absolute atomic E-state index is 0.0158. The molecule has 4 fully saturated rings. The zero-order valence-electron chi connectivity index (χ0n) is 21.6. The molecule has 0 aliphatic heterocycles. The number of hydrogen-bond donors (Lipinski definition) is 4. The summed E-state index contributed by atoms with van der Waals surface area (Å²) in [6.45, 7) is 12.9. The molecule has 0 radical (unpaired) electrons. The Hall–Kier alpha value is -0.490. The lowest BCUT2D eigenvalue weighted by Gasteiger charge is -2.61. The SMILES string of the molecule is CC(C)[C@H](C)[C@@H](O)[C@H](O)[C@@H](C)[C@H]1CC[C@H]2[C@@H]3CC(=O)[C@H]4C[C@H](O)[C@H](O)C[C@]4(C)[C@H]3CC[C@]12C. The van der Waals surface area contributed by atoms with E-state index in [4.69, 9.17) is 0 Å². The zero-order valence-corrected chi connectivity index (χ0v) is 21.6. The fourth-order valence-corrected chi connectivity index (χ4v) is 9.23. The minimum atomic E-state index is -0.782. The Balaban J connectivity index is 1.56. The predicted octanol–water partition coefficient (Wildman–Crippen LogP) is 3.81. The molecule has 0 aromatic carbocycles. The first-order valence-corrected chi connectivity index (χ1v) is 13.6. The molecule has 0 spiro atoms. The Kier molecular flexibility index (Phi) is 6.88. The second kappa shape index (κ2) is 8.87. The number of Topliss-reactive ketones (excluding diaryl/α,β-unsaturated/α-hetero) is 1. The third-order valence-electron chi connectivity index (χ3n) is 11.7. The average Bonchev–Trinajstić information content (AvgIpc) is 3.10. The van der Waals surface area contributed by atoms with E-state index in [0.29, 0.717) is 48.9 Å². The molecule has 0 aromatic rings. The van der Waals surface area contributed by atoms with Crippen molar-refractivity contribution < 1.29 is 25.2 Å². The molecule has 0 aromatic heterocycles. The Morgan fingerprint density at radius 1 is 0.879 bits per heavy atom. The number of aliphatic hydroxyl groups is 4. The van der Waals surface area contributed by atoms with Crippen molar-refractivity contribution in [2.24, 2.45) is 58.2 Å². The summed E-state index contributed by atoms with van der Waals surface area (Å²) < 4.78 is 0. The number of rotatable bonds is 5. The highest BCUT2D eigenvalue weighted by molar-refractivity contribution is 5.83. The molecule has 33 heavy (non-hydrogen) atoms. The van der Waals surface area contributed by atoms with Crippen LogP contribution in [0.5, 0.6) is 0 Å². The number of aliphatic hydroxyl groups excluding tert-OH is 4. The van der Waals surface area contributed by atoms with Crippen LogP contribution in [0.25, 0.3) is 0 Å². The largest absolute Gasteiger partial charge is 0.390 e. The van der Waals surface area contributed by atoms with Gasteiger partial charge in [0.05, 0.1) is 24.4 Å². The molecule has 0 amide bonds. The third-order valence-corrected chi connectivity index (χ3v) is 11.7. The van der Waals surface area contributed by atoms with Crippen molar-refractivity contribution in [1.29, 1.82) is 0 Å². The fourth-order valence-electron chi connectivity index (χ4n) is 9.23. The third kappa shape index (κ3) is 3.93. The average molecular weight is 465 g/mol. The van der Waals surface area contributed by atoms with Gasteiger partial charge in [-0.25, -0.2) is 0 Å². The van der Waals surface area contributed by atoms with E-state index in [0.717, 1.165) is 25.7 Å². The topological polar surface area (TPSA) is 98.0 Å². The number of carbonyl (C=O) groups is 1. The summed E-state index contributed by atoms with van der Waals surface area (Å²) in [4.78, 5) is 13.3. The van der Waals surface area contributed by atoms with Crippen molar-refractivity contribution in [3.63, 3.8) is 0 Å². The molecule has 4 N–H and O–H groups in total. The van der Waals surface area contributed by atoms with E-state index in [9.17, 15) is 25.2 Å². The first-order valence-electron chi connectivity index (χ1n) is 13.6. The summed E-state index contributed by atoms with van der Waals surface area (Å²) in [5.74, 6) is 2.05. The van der Waals surface area contributed by atoms with Gasteiger partial charge in [0.25, 0.3) is 0 Å². The van der Waals surface area contributed by atoms with E-state index in [-0.39, 0.29) is 34.4 Å². The molecular weight excluding hydrogens is 416 g/mol. The van der Waals surface area contributed by atoms with Gasteiger partial charge in [-0.15, -0.1) is 0 Å². The van der Waals surface area contributed by atoms with Crippen molar-refractivity contribution in [1.82, 2.24) is 0 Å². The molecule has 4 aliphatic rings. The van der Waals surface area contributed by atoms with Gasteiger partial charge in [0.15, 0.2) is 0 Å². The van der Waals surface area contributed by atoms with Crippen LogP contribution in [0.3, 0.4) is 0 Å². The molecule has 4 rings (SSSR count). The van der Waals surface area contributed by atoms with E-state index in [1.807, 2.05) is 6.92 Å². The molecule has 0 unspecified atom stereocenters. The summed E-state index contributed by atoms with van der Waals surface area (Å²) in [5, 5.41) is 42.8. The molecule has 0 bridgehead atoms. The van der Waals surface area contributed by atoms with Gasteiger partial charge < -0.3 is 20.4 Å². The van der Waals surface area contributed by atoms with Crippen LogP contribution >= 0.6 is 0 Å². The fraction of sp³-hybridized carbons (Fsp3) is 0.964. The molecule has 4 aliphatic carbocycles. The van der Waals surface area contributed by atoms with Crippen LogP contribution in [0.4, 0.5) is 0 Å². The van der Waals surface area contributed by atoms with Gasteiger partial charge >= 0.3 is 0 Å². The number of carbonyl (C=O) groups excluding carboxylic acids is 1. The van der Waals surface area contributed by atoms with Crippen LogP contribution in [0.2, 0.25) is 0 Å². The zero-order chi connectivity index (χ0) is 24.5. The van der Waals surface area contributed by atoms with Gasteiger partial charge in [0.1, 0.15) is 5.78 Å². The normalized spacial score (nSPS) is 49.1. The molecule has 5 nitrogen and oxygen atoms in total. The predicted molar refractivity (Wildman–Crippen MR) is 128 cm³/mol. The molecule has 0 heterocycles. The van der Waals surface area contributed by atoms with E-state index in [1.165, 1.54) is 0 Å². The van der Waals surface area contributed by atoms with Gasteiger partial charge in [0.2, 0.25) is 0 Å². The van der Waals surface area contributed by atoms with Crippen molar-refractivity contribution in [3.05, 3.63) is 0 Å². The van der Waals surface area contributed by atoms with Crippen molar-refractivity contribution in [2.45, 2.75) is 111 Å². The second-order valence-electron chi connectivity index (χ2n) is 13.4. The maximum atomic E-state index is 13.3. The Labute approximate surface area is 200 Å². The van der Waals surface area contributed by atoms with Crippen molar-refractivity contribution in [3.8, 4) is 0 Å². The second-order valence-corrected chi connectivity index (χ2v) is 13.4. The lowest BCUT2D eigenvalue weighted by atomic mass is 9.44. The van der Waals surface area contributed by atoms with Crippen LogP contribution in [-0.4, -0.2) is 50.6 Å².